The first-order valence-corrected chi connectivity index (χ1v) is 8.26. The van der Waals surface area contributed by atoms with Crippen LogP contribution in [0.3, 0.4) is 0 Å². The van der Waals surface area contributed by atoms with E-state index in [4.69, 9.17) is 9.47 Å². The third-order valence-corrected chi connectivity index (χ3v) is 4.46. The molecule has 0 atom stereocenters. The number of hydrogen-bond acceptors (Lipinski definition) is 3. The number of halogens is 1. The van der Waals surface area contributed by atoms with Crippen LogP contribution in [0.4, 0.5) is 4.39 Å². The van der Waals surface area contributed by atoms with Gasteiger partial charge in [0, 0.05) is 24.4 Å². The fourth-order valence-electron chi connectivity index (χ4n) is 3.26. The fraction of sp³-hybridized carbons (Fsp3) is 0.190. The third-order valence-electron chi connectivity index (χ3n) is 4.46. The Morgan fingerprint density at radius 3 is 2.68 bits per heavy atom. The van der Waals surface area contributed by atoms with Crippen molar-refractivity contribution in [2.75, 3.05) is 13.7 Å². The van der Waals surface area contributed by atoms with Gasteiger partial charge in [-0.15, -0.1) is 0 Å². The van der Waals surface area contributed by atoms with Crippen LogP contribution in [0, 0.1) is 5.82 Å². The molecule has 4 rings (SSSR count). The summed E-state index contributed by atoms with van der Waals surface area (Å²) < 4.78 is 25.0. The first-order chi connectivity index (χ1) is 12.2. The SMILES string of the molecule is COc1ccc(-c2cc(Cc3ccncc3)cc3c2OCC3)cc1F. The van der Waals surface area contributed by atoms with Gasteiger partial charge in [-0.05, 0) is 59.0 Å². The molecule has 0 amide bonds. The van der Waals surface area contributed by atoms with Crippen LogP contribution >= 0.6 is 0 Å². The Morgan fingerprint density at radius 2 is 1.92 bits per heavy atom. The molecule has 4 heteroatoms. The second kappa shape index (κ2) is 6.55. The quantitative estimate of drug-likeness (QED) is 0.707. The van der Waals surface area contributed by atoms with Crippen LogP contribution in [0.5, 0.6) is 11.5 Å². The van der Waals surface area contributed by atoms with E-state index in [2.05, 4.69) is 17.1 Å². The van der Waals surface area contributed by atoms with E-state index in [1.165, 1.54) is 29.9 Å². The maximum absolute atomic E-state index is 14.2. The highest BCUT2D eigenvalue weighted by Crippen LogP contribution is 2.39. The summed E-state index contributed by atoms with van der Waals surface area (Å²) in [5.41, 5.74) is 5.29. The zero-order valence-corrected chi connectivity index (χ0v) is 14.0. The summed E-state index contributed by atoms with van der Waals surface area (Å²) in [5, 5.41) is 0. The number of nitrogens with zero attached hydrogens (tertiary/aromatic N) is 1. The Balaban J connectivity index is 1.78. The fourth-order valence-corrected chi connectivity index (χ4v) is 3.26. The Hall–Kier alpha value is -2.88. The molecule has 1 aromatic heterocycles. The van der Waals surface area contributed by atoms with Crippen LogP contribution in [-0.2, 0) is 12.8 Å². The summed E-state index contributed by atoms with van der Waals surface area (Å²) in [6.07, 6.45) is 5.28. The number of pyridine rings is 1. The largest absolute Gasteiger partial charge is 0.494 e. The minimum Gasteiger partial charge on any atom is -0.494 e. The number of hydrogen-bond donors (Lipinski definition) is 0. The van der Waals surface area contributed by atoms with E-state index in [1.54, 1.807) is 18.5 Å². The van der Waals surface area contributed by atoms with Gasteiger partial charge < -0.3 is 9.47 Å². The van der Waals surface area contributed by atoms with E-state index in [0.717, 1.165) is 29.7 Å². The summed E-state index contributed by atoms with van der Waals surface area (Å²) in [6.45, 7) is 0.666. The van der Waals surface area contributed by atoms with Gasteiger partial charge in [0.2, 0.25) is 0 Å². The summed E-state index contributed by atoms with van der Waals surface area (Å²) in [6, 6.07) is 13.3. The van der Waals surface area contributed by atoms with E-state index >= 15 is 0 Å². The van der Waals surface area contributed by atoms with Crippen molar-refractivity contribution in [1.82, 2.24) is 4.98 Å². The Bertz CT molecular complexity index is 909. The predicted molar refractivity (Wildman–Crippen MR) is 94.6 cm³/mol. The Morgan fingerprint density at radius 1 is 1.08 bits per heavy atom. The first kappa shape index (κ1) is 15.6. The first-order valence-electron chi connectivity index (χ1n) is 8.26. The van der Waals surface area contributed by atoms with Gasteiger partial charge in [-0.25, -0.2) is 4.39 Å². The van der Waals surface area contributed by atoms with Gasteiger partial charge in [0.1, 0.15) is 5.75 Å². The maximum Gasteiger partial charge on any atom is 0.165 e. The lowest BCUT2D eigenvalue weighted by molar-refractivity contribution is 0.358. The molecule has 3 aromatic rings. The van der Waals surface area contributed by atoms with Gasteiger partial charge in [0.25, 0.3) is 0 Å². The predicted octanol–water partition coefficient (Wildman–Crippen LogP) is 4.42. The highest BCUT2D eigenvalue weighted by atomic mass is 19.1. The lowest BCUT2D eigenvalue weighted by Crippen LogP contribution is -1.94. The molecule has 0 radical (unpaired) electrons. The van der Waals surface area contributed by atoms with Crippen molar-refractivity contribution in [3.8, 4) is 22.6 Å². The van der Waals surface area contributed by atoms with Crippen LogP contribution in [0.1, 0.15) is 16.7 Å². The molecule has 126 valence electrons. The lowest BCUT2D eigenvalue weighted by Gasteiger charge is -2.13. The molecule has 25 heavy (non-hydrogen) atoms. The monoisotopic (exact) mass is 335 g/mol. The Kier molecular flexibility index (Phi) is 4.10. The minimum absolute atomic E-state index is 0.245. The van der Waals surface area contributed by atoms with Crippen molar-refractivity contribution >= 4 is 0 Å². The molecule has 0 N–H and O–H groups in total. The van der Waals surface area contributed by atoms with Gasteiger partial charge in [-0.2, -0.15) is 0 Å². The van der Waals surface area contributed by atoms with Crippen molar-refractivity contribution in [3.05, 3.63) is 77.4 Å². The summed E-state index contributed by atoms with van der Waals surface area (Å²) in [5.74, 6) is 0.739. The van der Waals surface area contributed by atoms with Crippen LogP contribution < -0.4 is 9.47 Å². The van der Waals surface area contributed by atoms with Crippen molar-refractivity contribution in [2.45, 2.75) is 12.8 Å². The lowest BCUT2D eigenvalue weighted by atomic mass is 9.95. The average Bonchev–Trinajstić information content (AvgIpc) is 3.10. The van der Waals surface area contributed by atoms with E-state index in [1.807, 2.05) is 18.2 Å². The molecule has 2 heterocycles. The molecule has 0 unspecified atom stereocenters. The van der Waals surface area contributed by atoms with Crippen molar-refractivity contribution < 1.29 is 13.9 Å². The second-order valence-electron chi connectivity index (χ2n) is 6.11. The van der Waals surface area contributed by atoms with Crippen LogP contribution in [0.15, 0.2) is 54.9 Å². The van der Waals surface area contributed by atoms with Gasteiger partial charge in [0.15, 0.2) is 11.6 Å². The summed E-state index contributed by atoms with van der Waals surface area (Å²) >= 11 is 0. The van der Waals surface area contributed by atoms with Crippen molar-refractivity contribution in [1.29, 1.82) is 0 Å². The molecular weight excluding hydrogens is 317 g/mol. The summed E-state index contributed by atoms with van der Waals surface area (Å²) in [4.78, 5) is 4.06. The zero-order valence-electron chi connectivity index (χ0n) is 14.0. The van der Waals surface area contributed by atoms with Gasteiger partial charge in [-0.1, -0.05) is 12.1 Å². The minimum atomic E-state index is -0.369. The van der Waals surface area contributed by atoms with Crippen LogP contribution in [-0.4, -0.2) is 18.7 Å². The molecule has 0 bridgehead atoms. The van der Waals surface area contributed by atoms with Crippen LogP contribution in [0.25, 0.3) is 11.1 Å². The van der Waals surface area contributed by atoms with Crippen molar-refractivity contribution in [2.24, 2.45) is 0 Å². The smallest absolute Gasteiger partial charge is 0.165 e. The van der Waals surface area contributed by atoms with E-state index in [9.17, 15) is 4.39 Å². The van der Waals surface area contributed by atoms with E-state index < -0.39 is 0 Å². The molecular formula is C21H18FNO2. The van der Waals surface area contributed by atoms with Gasteiger partial charge in [0.05, 0.1) is 13.7 Å². The molecule has 0 spiro atoms. The number of fused-ring (bicyclic) bond motifs is 1. The maximum atomic E-state index is 14.2. The third kappa shape index (κ3) is 3.07. The average molecular weight is 335 g/mol. The number of methoxy groups -OCH3 is 1. The highest BCUT2D eigenvalue weighted by molar-refractivity contribution is 5.74. The van der Waals surface area contributed by atoms with E-state index in [0.29, 0.717) is 6.61 Å². The number of benzene rings is 2. The highest BCUT2D eigenvalue weighted by Gasteiger charge is 2.20. The second-order valence-corrected chi connectivity index (χ2v) is 6.11. The normalized spacial score (nSPS) is 12.6. The molecule has 0 saturated heterocycles. The molecule has 1 aliphatic heterocycles. The molecule has 0 aliphatic carbocycles. The number of ether oxygens (including phenoxy) is 2. The molecule has 1 aliphatic rings. The number of aromatic nitrogens is 1. The van der Waals surface area contributed by atoms with Gasteiger partial charge in [-0.3, -0.25) is 4.98 Å². The molecule has 0 fully saturated rings. The van der Waals surface area contributed by atoms with E-state index in [-0.39, 0.29) is 11.6 Å². The summed E-state index contributed by atoms with van der Waals surface area (Å²) in [7, 11) is 1.47. The topological polar surface area (TPSA) is 31.4 Å². The number of rotatable bonds is 4. The molecule has 2 aromatic carbocycles. The van der Waals surface area contributed by atoms with Crippen molar-refractivity contribution in [3.63, 3.8) is 0 Å². The Labute approximate surface area is 146 Å². The molecule has 3 nitrogen and oxygen atoms in total. The van der Waals surface area contributed by atoms with Gasteiger partial charge >= 0.3 is 0 Å². The zero-order chi connectivity index (χ0) is 17.2. The standard InChI is InChI=1S/C21H18FNO2/c1-24-20-3-2-16(13-19(20)22)18-12-15(10-14-4-7-23-8-5-14)11-17-6-9-25-21(17)18/h2-5,7-8,11-13H,6,9-10H2,1H3. The molecule has 0 saturated carbocycles. The van der Waals surface area contributed by atoms with Crippen LogP contribution in [0.2, 0.25) is 0 Å².